The minimum absolute atomic E-state index is 0.363. The molecule has 0 unspecified atom stereocenters. The normalized spacial score (nSPS) is 20.0. The largest absolute Gasteiger partial charge is 0.455 e. The first-order chi connectivity index (χ1) is 39.8. The van der Waals surface area contributed by atoms with Crippen LogP contribution in [0.25, 0.3) is 131 Å². The summed E-state index contributed by atoms with van der Waals surface area (Å²) in [5.74, 6) is 0. The van der Waals surface area contributed by atoms with Crippen molar-refractivity contribution in [3.63, 3.8) is 0 Å². The molecule has 0 atom stereocenters. The van der Waals surface area contributed by atoms with Crippen molar-refractivity contribution < 1.29 is 45.5 Å². The van der Waals surface area contributed by atoms with Crippen LogP contribution in [0.5, 0.6) is 0 Å². The molecule has 1 aromatic heterocycles. The SMILES string of the molecule is [2H]c1c(-c2c([2H])c([2H])c3oc4c5c([2H])c([2H])c([2H])c([2H])c5c([2H])c([2H])c4c3c2[2H])c([2H])c(-c2c([2H])c([2H])c3c([2H])c([2H])c4c([2H])c([2H])c([2H])c5c([2H])c([2H])c2c3c45)c([2H])c1-c1c([2H])c([2H])c2c([2H])c([2H])c3c([2H])c([2H])c([2H])c4c([2H])c([2H])c1c2c34. The molecule has 1 heteroatoms. The molecule has 55 heavy (non-hydrogen) atoms. The van der Waals surface area contributed by atoms with E-state index >= 15 is 0 Å². The van der Waals surface area contributed by atoms with Crippen LogP contribution in [0.1, 0.15) is 41.1 Å². The molecule has 13 rings (SSSR count). The third-order valence-electron chi connectivity index (χ3n) is 9.81. The van der Waals surface area contributed by atoms with E-state index in [0.717, 1.165) is 0 Å². The van der Waals surface area contributed by atoms with Crippen LogP contribution in [0.3, 0.4) is 0 Å². The van der Waals surface area contributed by atoms with E-state index in [0.29, 0.717) is 0 Å². The third kappa shape index (κ3) is 4.07. The number of benzene rings is 12. The van der Waals surface area contributed by atoms with Crippen LogP contribution in [0.4, 0.5) is 0 Å². The molecule has 0 saturated heterocycles. The van der Waals surface area contributed by atoms with Crippen LogP contribution >= 0.6 is 0 Å². The molecule has 0 aliphatic carbocycles. The highest BCUT2D eigenvalue weighted by Crippen LogP contribution is 2.45. The monoisotopic (exact) mass is 724 g/mol. The molecular formula is C54H30O. The van der Waals surface area contributed by atoms with Gasteiger partial charge < -0.3 is 4.42 Å². The lowest BCUT2D eigenvalue weighted by atomic mass is 9.86. The predicted molar refractivity (Wildman–Crippen MR) is 235 cm³/mol. The number of rotatable bonds is 3. The van der Waals surface area contributed by atoms with E-state index in [-0.39, 0.29) is 10.8 Å². The standard InChI is InChI=1S/C54H30O/c1-2-10-44-31(5-1)15-25-47-48-30-38(20-26-49(48)55-54(44)47)39-27-40(42-21-16-36-13-11-32-6-3-8-34-18-23-45(42)52(36)50(32)34)29-41(28-39)43-22-17-37-14-12-33-7-4-9-35-19-24-46(43)53(37)51(33)35/h1-30H/i1D,2D,3D,4D,5D,6D,7D,8D,9D,10D,11D,12D,13D,14D,15D,16D,17D,18D,19D,20D,21D,22D,23D,24D,25D,26D,27D,28D,29D,30D. The van der Waals surface area contributed by atoms with Gasteiger partial charge in [-0.15, -0.1) is 0 Å². The van der Waals surface area contributed by atoms with Gasteiger partial charge in [-0.3, -0.25) is 0 Å². The Balaban J connectivity index is 1.32. The van der Waals surface area contributed by atoms with Gasteiger partial charge in [0.05, 0.1) is 41.1 Å². The van der Waals surface area contributed by atoms with Crippen molar-refractivity contribution in [3.8, 4) is 33.4 Å². The minimum atomic E-state index is -1.13. The number of fused-ring (bicyclic) bond motifs is 5. The molecule has 0 aliphatic rings. The summed E-state index contributed by atoms with van der Waals surface area (Å²) in [4.78, 5) is 0. The molecule has 0 aliphatic heterocycles. The van der Waals surface area contributed by atoms with Crippen molar-refractivity contribution in [1.29, 1.82) is 0 Å². The Morgan fingerprint density at radius 2 is 0.764 bits per heavy atom. The highest BCUT2D eigenvalue weighted by atomic mass is 16.3. The van der Waals surface area contributed by atoms with Gasteiger partial charge in [0.25, 0.3) is 0 Å². The lowest BCUT2D eigenvalue weighted by molar-refractivity contribution is 0.672. The van der Waals surface area contributed by atoms with Crippen molar-refractivity contribution in [3.05, 3.63) is 181 Å². The Labute approximate surface area is 358 Å². The average Bonchev–Trinajstić information content (AvgIpc) is 0.776. The Hall–Kier alpha value is -7.22. The van der Waals surface area contributed by atoms with Crippen molar-refractivity contribution >= 4 is 97.3 Å². The smallest absolute Gasteiger partial charge is 0.143 e. The lowest BCUT2D eigenvalue weighted by Crippen LogP contribution is -1.91. The zero-order chi connectivity index (χ0) is 61.9. The third-order valence-corrected chi connectivity index (χ3v) is 9.81. The summed E-state index contributed by atoms with van der Waals surface area (Å²) >= 11 is 0. The van der Waals surface area contributed by atoms with Gasteiger partial charge in [0.1, 0.15) is 11.2 Å². The van der Waals surface area contributed by atoms with E-state index in [9.17, 15) is 20.6 Å². The fourth-order valence-electron chi connectivity index (χ4n) is 7.38. The zero-order valence-corrected chi connectivity index (χ0v) is 27.4. The highest BCUT2D eigenvalue weighted by molar-refractivity contribution is 6.27. The second kappa shape index (κ2) is 10.7. The van der Waals surface area contributed by atoms with E-state index in [1.807, 2.05) is 0 Å². The van der Waals surface area contributed by atoms with E-state index in [2.05, 4.69) is 0 Å². The van der Waals surface area contributed by atoms with Gasteiger partial charge in [0.15, 0.2) is 0 Å². The van der Waals surface area contributed by atoms with Crippen LogP contribution in [-0.4, -0.2) is 0 Å². The second-order valence-corrected chi connectivity index (χ2v) is 12.8. The van der Waals surface area contributed by atoms with Crippen LogP contribution < -0.4 is 0 Å². The summed E-state index contributed by atoms with van der Waals surface area (Å²) in [6.45, 7) is 0. The molecule has 0 amide bonds. The van der Waals surface area contributed by atoms with Gasteiger partial charge in [0, 0.05) is 16.2 Å². The quantitative estimate of drug-likeness (QED) is 0.165. The van der Waals surface area contributed by atoms with Gasteiger partial charge in [-0.1, -0.05) is 145 Å². The second-order valence-electron chi connectivity index (χ2n) is 12.8. The first-order valence-corrected chi connectivity index (χ1v) is 16.7. The molecule has 13 aromatic rings. The number of hydrogen-bond acceptors (Lipinski definition) is 1. The first kappa shape index (κ1) is 13.0. The van der Waals surface area contributed by atoms with Gasteiger partial charge in [-0.05, 0) is 140 Å². The topological polar surface area (TPSA) is 13.1 Å². The first-order valence-electron chi connectivity index (χ1n) is 31.7. The van der Waals surface area contributed by atoms with Gasteiger partial charge in [-0.2, -0.15) is 0 Å². The Morgan fingerprint density at radius 1 is 0.291 bits per heavy atom. The van der Waals surface area contributed by atoms with Crippen molar-refractivity contribution in [2.45, 2.75) is 0 Å². The molecule has 1 heterocycles. The molecule has 0 spiro atoms. The molecule has 0 N–H and O–H groups in total. The Morgan fingerprint density at radius 3 is 1.38 bits per heavy atom. The fraction of sp³-hybridized carbons (Fsp3) is 0. The predicted octanol–water partition coefficient (Wildman–Crippen LogP) is 15.5. The van der Waals surface area contributed by atoms with E-state index in [4.69, 9.17) is 25.0 Å². The van der Waals surface area contributed by atoms with Gasteiger partial charge in [0.2, 0.25) is 0 Å². The zero-order valence-electron chi connectivity index (χ0n) is 57.4. The average molecular weight is 725 g/mol. The minimum Gasteiger partial charge on any atom is -0.455 e. The highest BCUT2D eigenvalue weighted by Gasteiger charge is 2.18. The van der Waals surface area contributed by atoms with Crippen molar-refractivity contribution in [1.82, 2.24) is 0 Å². The molecule has 0 saturated carbocycles. The van der Waals surface area contributed by atoms with Crippen LogP contribution in [-0.2, 0) is 0 Å². The molecular weight excluding hydrogens is 665 g/mol. The molecule has 0 fully saturated rings. The molecule has 252 valence electrons. The van der Waals surface area contributed by atoms with Gasteiger partial charge >= 0.3 is 0 Å². The van der Waals surface area contributed by atoms with Crippen LogP contribution in [0.15, 0.2) is 186 Å². The molecule has 1 nitrogen and oxygen atoms in total. The van der Waals surface area contributed by atoms with E-state index in [1.165, 1.54) is 0 Å². The van der Waals surface area contributed by atoms with Crippen LogP contribution in [0.2, 0.25) is 0 Å². The molecule has 12 aromatic carbocycles. The summed E-state index contributed by atoms with van der Waals surface area (Å²) in [7, 11) is 0. The lowest BCUT2D eigenvalue weighted by Gasteiger charge is -2.18. The number of furan rings is 1. The summed E-state index contributed by atoms with van der Waals surface area (Å²) in [5.41, 5.74) is -6.56. The summed E-state index contributed by atoms with van der Waals surface area (Å²) in [6, 6.07) is -26.3. The maximum atomic E-state index is 10.3. The fourth-order valence-corrected chi connectivity index (χ4v) is 7.38. The summed E-state index contributed by atoms with van der Waals surface area (Å²) in [6.07, 6.45) is 0. The Bertz CT molecular complexity index is 5190. The van der Waals surface area contributed by atoms with E-state index in [1.54, 1.807) is 0 Å². The summed E-state index contributed by atoms with van der Waals surface area (Å²) in [5, 5.41) is -7.87. The van der Waals surface area contributed by atoms with Gasteiger partial charge in [-0.25, -0.2) is 0 Å². The molecule has 0 radical (unpaired) electrons. The maximum Gasteiger partial charge on any atom is 0.143 e. The number of hydrogen-bond donors (Lipinski definition) is 0. The van der Waals surface area contributed by atoms with Crippen molar-refractivity contribution in [2.24, 2.45) is 0 Å². The van der Waals surface area contributed by atoms with Crippen molar-refractivity contribution in [2.75, 3.05) is 0 Å². The molecule has 0 bridgehead atoms. The Kier molecular flexibility index (Phi) is 2.52. The van der Waals surface area contributed by atoms with E-state index < -0.39 is 301 Å². The van der Waals surface area contributed by atoms with Crippen LogP contribution in [0, 0.1) is 0 Å². The summed E-state index contributed by atoms with van der Waals surface area (Å²) < 4.78 is 284. The maximum absolute atomic E-state index is 10.3.